The second-order valence-corrected chi connectivity index (χ2v) is 8.56. The van der Waals surface area contributed by atoms with E-state index in [1.54, 1.807) is 45.0 Å². The van der Waals surface area contributed by atoms with Crippen molar-refractivity contribution in [2.45, 2.75) is 43.7 Å². The summed E-state index contributed by atoms with van der Waals surface area (Å²) < 4.78 is 45.9. The van der Waals surface area contributed by atoms with Crippen molar-refractivity contribution in [1.82, 2.24) is 4.72 Å². The molecule has 0 aliphatic rings. The van der Waals surface area contributed by atoms with Gasteiger partial charge in [-0.15, -0.1) is 0 Å². The van der Waals surface area contributed by atoms with Crippen molar-refractivity contribution in [2.75, 3.05) is 0 Å². The summed E-state index contributed by atoms with van der Waals surface area (Å²) in [5.74, 6) is -1.22. The summed E-state index contributed by atoms with van der Waals surface area (Å²) in [7, 11) is -4.01. The average molecular weight is 379 g/mol. The summed E-state index contributed by atoms with van der Waals surface area (Å²) in [6, 6.07) is 12.3. The molecule has 0 fully saturated rings. The fourth-order valence-electron chi connectivity index (χ4n) is 2.26. The number of hydrogen-bond acceptors (Lipinski definition) is 4. The Morgan fingerprint density at radius 3 is 2.19 bits per heavy atom. The van der Waals surface area contributed by atoms with Gasteiger partial charge < -0.3 is 4.74 Å². The normalized spacial score (nSPS) is 13.2. The molecule has 2 aromatic rings. The molecule has 7 heteroatoms. The van der Waals surface area contributed by atoms with Crippen LogP contribution in [0.3, 0.4) is 0 Å². The Kier molecular flexibility index (Phi) is 6.15. The van der Waals surface area contributed by atoms with E-state index in [0.717, 1.165) is 29.8 Å². The number of ether oxygens (including phenoxy) is 1. The molecule has 5 nitrogen and oxygen atoms in total. The summed E-state index contributed by atoms with van der Waals surface area (Å²) in [6.07, 6.45) is 0.135. The quantitative estimate of drug-likeness (QED) is 0.783. The number of hydrogen-bond donors (Lipinski definition) is 1. The number of halogens is 1. The Morgan fingerprint density at radius 1 is 1.08 bits per heavy atom. The Morgan fingerprint density at radius 2 is 1.65 bits per heavy atom. The van der Waals surface area contributed by atoms with E-state index in [1.807, 2.05) is 6.07 Å². The smallest absolute Gasteiger partial charge is 0.325 e. The van der Waals surface area contributed by atoms with E-state index >= 15 is 0 Å². The number of sulfonamides is 1. The minimum Gasteiger partial charge on any atom is -0.459 e. The first kappa shape index (κ1) is 20.1. The van der Waals surface area contributed by atoms with Gasteiger partial charge in [-0.05, 0) is 57.0 Å². The van der Waals surface area contributed by atoms with Gasteiger partial charge in [0, 0.05) is 0 Å². The van der Waals surface area contributed by atoms with Gasteiger partial charge in [0.25, 0.3) is 0 Å². The van der Waals surface area contributed by atoms with Crippen LogP contribution in [-0.2, 0) is 26.0 Å². The predicted molar refractivity (Wildman–Crippen MR) is 96.5 cm³/mol. The van der Waals surface area contributed by atoms with Gasteiger partial charge in [0.15, 0.2) is 0 Å². The standard InChI is InChI=1S/C19H22FNO4S/c1-19(2,3)25-18(22)17(13-14-7-5-4-6-8-14)21-26(23,24)16-11-9-15(20)10-12-16/h4-12,17,21H,13H2,1-3H3/t17-/m0/s1. The molecule has 0 unspecified atom stereocenters. The molecule has 2 rings (SSSR count). The molecule has 0 radical (unpaired) electrons. The molecule has 1 atom stereocenters. The minimum absolute atomic E-state index is 0.125. The number of esters is 1. The molecule has 0 aromatic heterocycles. The third-order valence-electron chi connectivity index (χ3n) is 3.40. The molecule has 0 spiro atoms. The first-order valence-electron chi connectivity index (χ1n) is 8.11. The van der Waals surface area contributed by atoms with E-state index in [2.05, 4.69) is 4.72 Å². The maximum absolute atomic E-state index is 13.0. The number of carbonyl (C=O) groups excluding carboxylic acids is 1. The van der Waals surface area contributed by atoms with Gasteiger partial charge in [-0.25, -0.2) is 12.8 Å². The highest BCUT2D eigenvalue weighted by Gasteiger charge is 2.30. The minimum atomic E-state index is -4.01. The van der Waals surface area contributed by atoms with Crippen molar-refractivity contribution in [1.29, 1.82) is 0 Å². The summed E-state index contributed by atoms with van der Waals surface area (Å²) in [4.78, 5) is 12.4. The Balaban J connectivity index is 2.27. The Labute approximate surface area is 153 Å². The van der Waals surface area contributed by atoms with Crippen LogP contribution in [0.15, 0.2) is 59.5 Å². The zero-order valence-corrected chi connectivity index (χ0v) is 15.7. The van der Waals surface area contributed by atoms with E-state index in [0.29, 0.717) is 0 Å². The van der Waals surface area contributed by atoms with Gasteiger partial charge in [0.05, 0.1) is 4.90 Å². The summed E-state index contributed by atoms with van der Waals surface area (Å²) in [5.41, 5.74) is 0.0260. The van der Waals surface area contributed by atoms with Crippen molar-refractivity contribution < 1.29 is 22.3 Å². The molecular weight excluding hydrogens is 357 g/mol. The lowest BCUT2D eigenvalue weighted by atomic mass is 10.1. The van der Waals surface area contributed by atoms with Crippen LogP contribution < -0.4 is 4.72 Å². The van der Waals surface area contributed by atoms with E-state index in [9.17, 15) is 17.6 Å². The first-order valence-corrected chi connectivity index (χ1v) is 9.60. The van der Waals surface area contributed by atoms with Gasteiger partial charge in [0.2, 0.25) is 10.0 Å². The monoisotopic (exact) mass is 379 g/mol. The molecule has 140 valence electrons. The number of carbonyl (C=O) groups is 1. The fraction of sp³-hybridized carbons (Fsp3) is 0.316. The molecule has 0 heterocycles. The van der Waals surface area contributed by atoms with Gasteiger partial charge in [-0.3, -0.25) is 4.79 Å². The number of nitrogens with one attached hydrogen (secondary N) is 1. The van der Waals surface area contributed by atoms with Crippen LogP contribution in [0.1, 0.15) is 26.3 Å². The van der Waals surface area contributed by atoms with E-state index in [1.165, 1.54) is 0 Å². The second kappa shape index (κ2) is 7.97. The van der Waals surface area contributed by atoms with Crippen molar-refractivity contribution in [3.63, 3.8) is 0 Å². The van der Waals surface area contributed by atoms with Crippen molar-refractivity contribution >= 4 is 16.0 Å². The first-order chi connectivity index (χ1) is 12.1. The molecule has 0 bridgehead atoms. The number of rotatable bonds is 6. The molecule has 0 saturated carbocycles. The Hall–Kier alpha value is -2.25. The second-order valence-electron chi connectivity index (χ2n) is 6.85. The van der Waals surface area contributed by atoms with Crippen molar-refractivity contribution in [2.24, 2.45) is 0 Å². The number of benzene rings is 2. The summed E-state index contributed by atoms with van der Waals surface area (Å²) in [6.45, 7) is 5.12. The van der Waals surface area contributed by atoms with E-state index in [-0.39, 0.29) is 11.3 Å². The summed E-state index contributed by atoms with van der Waals surface area (Å²) >= 11 is 0. The average Bonchev–Trinajstić information content (AvgIpc) is 2.54. The van der Waals surface area contributed by atoms with Crippen LogP contribution in [0.4, 0.5) is 4.39 Å². The third kappa shape index (κ3) is 5.93. The molecule has 0 amide bonds. The van der Waals surface area contributed by atoms with Crippen LogP contribution >= 0.6 is 0 Å². The van der Waals surface area contributed by atoms with Crippen LogP contribution in [0.2, 0.25) is 0 Å². The molecule has 0 aliphatic heterocycles. The zero-order valence-electron chi connectivity index (χ0n) is 14.9. The maximum Gasteiger partial charge on any atom is 0.325 e. The largest absolute Gasteiger partial charge is 0.459 e. The van der Waals surface area contributed by atoms with Gasteiger partial charge in [-0.2, -0.15) is 4.72 Å². The molecule has 2 aromatic carbocycles. The molecule has 0 aliphatic carbocycles. The third-order valence-corrected chi connectivity index (χ3v) is 4.88. The van der Waals surface area contributed by atoms with Crippen LogP contribution in [0.5, 0.6) is 0 Å². The Bertz CT molecular complexity index is 843. The molecule has 1 N–H and O–H groups in total. The van der Waals surface area contributed by atoms with E-state index in [4.69, 9.17) is 4.74 Å². The van der Waals surface area contributed by atoms with Gasteiger partial charge in [0.1, 0.15) is 17.5 Å². The topological polar surface area (TPSA) is 72.5 Å². The zero-order chi connectivity index (χ0) is 19.4. The lowest BCUT2D eigenvalue weighted by molar-refractivity contribution is -0.156. The van der Waals surface area contributed by atoms with Gasteiger partial charge >= 0.3 is 5.97 Å². The van der Waals surface area contributed by atoms with Crippen molar-refractivity contribution in [3.05, 3.63) is 66.0 Å². The van der Waals surface area contributed by atoms with Gasteiger partial charge in [-0.1, -0.05) is 30.3 Å². The van der Waals surface area contributed by atoms with Crippen LogP contribution in [0, 0.1) is 5.82 Å². The highest BCUT2D eigenvalue weighted by Crippen LogP contribution is 2.15. The van der Waals surface area contributed by atoms with Crippen molar-refractivity contribution in [3.8, 4) is 0 Å². The van der Waals surface area contributed by atoms with E-state index < -0.39 is 33.5 Å². The molecule has 0 saturated heterocycles. The lowest BCUT2D eigenvalue weighted by Crippen LogP contribution is -2.45. The highest BCUT2D eigenvalue weighted by atomic mass is 32.2. The molecular formula is C19H22FNO4S. The fourth-order valence-corrected chi connectivity index (χ4v) is 3.45. The SMILES string of the molecule is CC(C)(C)OC(=O)[C@H](Cc1ccccc1)NS(=O)(=O)c1ccc(F)cc1. The predicted octanol–water partition coefficient (Wildman–Crippen LogP) is 3.06. The van der Waals surface area contributed by atoms with Crippen LogP contribution in [0.25, 0.3) is 0 Å². The summed E-state index contributed by atoms with van der Waals surface area (Å²) in [5, 5.41) is 0. The lowest BCUT2D eigenvalue weighted by Gasteiger charge is -2.24. The molecule has 26 heavy (non-hydrogen) atoms. The van der Waals surface area contributed by atoms with Crippen LogP contribution in [-0.4, -0.2) is 26.0 Å². The maximum atomic E-state index is 13.0. The highest BCUT2D eigenvalue weighted by molar-refractivity contribution is 7.89.